The first-order valence-corrected chi connectivity index (χ1v) is 4.15. The zero-order valence-corrected chi connectivity index (χ0v) is 8.34. The standard InChI is InChI=1S/C8H9N3O5/c1-15-6(12)4-16-11-7(8(13)14)5-2-3-9-10-5/h2-3H,4H2,1H3,(H,9,10)(H,13,14). The number of esters is 1. The second-order valence-corrected chi connectivity index (χ2v) is 2.56. The van der Waals surface area contributed by atoms with Crippen molar-refractivity contribution in [3.63, 3.8) is 0 Å². The van der Waals surface area contributed by atoms with Crippen molar-refractivity contribution in [3.05, 3.63) is 18.0 Å². The summed E-state index contributed by atoms with van der Waals surface area (Å²) in [7, 11) is 1.18. The van der Waals surface area contributed by atoms with Gasteiger partial charge in [0.2, 0.25) is 12.3 Å². The molecule has 0 unspecified atom stereocenters. The minimum atomic E-state index is -1.30. The van der Waals surface area contributed by atoms with Gasteiger partial charge in [-0.05, 0) is 6.07 Å². The molecule has 0 amide bonds. The highest BCUT2D eigenvalue weighted by atomic mass is 16.7. The lowest BCUT2D eigenvalue weighted by Crippen LogP contribution is -2.17. The Morgan fingerprint density at radius 3 is 2.88 bits per heavy atom. The Morgan fingerprint density at radius 1 is 1.62 bits per heavy atom. The topological polar surface area (TPSA) is 114 Å². The first kappa shape index (κ1) is 11.7. The van der Waals surface area contributed by atoms with Gasteiger partial charge in [0.15, 0.2) is 0 Å². The van der Waals surface area contributed by atoms with Gasteiger partial charge in [-0.15, -0.1) is 0 Å². The second-order valence-electron chi connectivity index (χ2n) is 2.56. The summed E-state index contributed by atoms with van der Waals surface area (Å²) in [6.45, 7) is -0.457. The molecule has 1 rings (SSSR count). The van der Waals surface area contributed by atoms with Crippen molar-refractivity contribution in [3.8, 4) is 0 Å². The highest BCUT2D eigenvalue weighted by molar-refractivity contribution is 6.41. The van der Waals surface area contributed by atoms with Crippen LogP contribution >= 0.6 is 0 Å². The van der Waals surface area contributed by atoms with Gasteiger partial charge >= 0.3 is 11.9 Å². The van der Waals surface area contributed by atoms with Gasteiger partial charge in [0.25, 0.3) is 0 Å². The molecule has 1 aromatic rings. The fourth-order valence-corrected chi connectivity index (χ4v) is 0.800. The number of methoxy groups -OCH3 is 1. The van der Waals surface area contributed by atoms with Crippen LogP contribution < -0.4 is 0 Å². The fourth-order valence-electron chi connectivity index (χ4n) is 0.800. The largest absolute Gasteiger partial charge is 0.476 e. The van der Waals surface area contributed by atoms with Crippen LogP contribution in [0.4, 0.5) is 0 Å². The van der Waals surface area contributed by atoms with Gasteiger partial charge in [0.05, 0.1) is 12.8 Å². The predicted molar refractivity (Wildman–Crippen MR) is 50.7 cm³/mol. The normalized spacial score (nSPS) is 10.9. The maximum atomic E-state index is 10.8. The van der Waals surface area contributed by atoms with E-state index in [9.17, 15) is 9.59 Å². The molecule has 1 aromatic heterocycles. The number of carboxylic acid groups (broad SMARTS) is 1. The van der Waals surface area contributed by atoms with Crippen LogP contribution in [0.15, 0.2) is 17.4 Å². The van der Waals surface area contributed by atoms with Crippen molar-refractivity contribution in [1.29, 1.82) is 0 Å². The van der Waals surface area contributed by atoms with Gasteiger partial charge in [-0.25, -0.2) is 9.59 Å². The van der Waals surface area contributed by atoms with Crippen LogP contribution in [0.5, 0.6) is 0 Å². The highest BCUT2D eigenvalue weighted by Gasteiger charge is 2.15. The number of carbonyl (C=O) groups excluding carboxylic acids is 1. The number of hydrogen-bond acceptors (Lipinski definition) is 6. The van der Waals surface area contributed by atoms with Gasteiger partial charge in [0, 0.05) is 6.20 Å². The number of carboxylic acids is 1. The van der Waals surface area contributed by atoms with Gasteiger partial charge in [-0.3, -0.25) is 5.10 Å². The third-order valence-electron chi connectivity index (χ3n) is 1.52. The number of aromatic nitrogens is 2. The maximum absolute atomic E-state index is 10.8. The molecule has 0 saturated heterocycles. The Balaban J connectivity index is 2.68. The van der Waals surface area contributed by atoms with Crippen molar-refractivity contribution in [2.45, 2.75) is 0 Å². The predicted octanol–water partition coefficient (Wildman–Crippen LogP) is -0.612. The number of nitrogens with one attached hydrogen (secondary N) is 1. The smallest absolute Gasteiger partial charge is 0.360 e. The zero-order valence-electron chi connectivity index (χ0n) is 8.34. The summed E-state index contributed by atoms with van der Waals surface area (Å²) in [5.41, 5.74) is -0.196. The first-order chi connectivity index (χ1) is 7.65. The number of rotatable bonds is 5. The average molecular weight is 227 g/mol. The molecule has 0 atom stereocenters. The number of H-pyrrole nitrogens is 1. The number of ether oxygens (including phenoxy) is 1. The van der Waals surface area contributed by atoms with Gasteiger partial charge in [0.1, 0.15) is 0 Å². The Bertz CT molecular complexity index is 398. The van der Waals surface area contributed by atoms with Crippen LogP contribution in [0.25, 0.3) is 0 Å². The highest BCUT2D eigenvalue weighted by Crippen LogP contribution is 1.97. The maximum Gasteiger partial charge on any atom is 0.360 e. The SMILES string of the molecule is COC(=O)CON=C(C(=O)O)c1ccn[nH]1. The summed E-state index contributed by atoms with van der Waals surface area (Å²) in [5, 5.41) is 18.1. The van der Waals surface area contributed by atoms with Crippen molar-refractivity contribution < 1.29 is 24.3 Å². The third kappa shape index (κ3) is 3.08. The molecule has 0 aliphatic rings. The van der Waals surface area contributed by atoms with Crippen molar-refractivity contribution in [2.75, 3.05) is 13.7 Å². The van der Waals surface area contributed by atoms with Crippen molar-refractivity contribution >= 4 is 17.7 Å². The molecule has 0 bridgehead atoms. The minimum absolute atomic E-state index is 0.178. The minimum Gasteiger partial charge on any atom is -0.476 e. The van der Waals surface area contributed by atoms with Crippen LogP contribution in [0.3, 0.4) is 0 Å². The van der Waals surface area contributed by atoms with Crippen LogP contribution in [0.2, 0.25) is 0 Å². The van der Waals surface area contributed by atoms with Crippen LogP contribution in [-0.4, -0.2) is 46.7 Å². The summed E-state index contributed by atoms with van der Waals surface area (Å²) in [4.78, 5) is 26.0. The molecule has 16 heavy (non-hydrogen) atoms. The third-order valence-corrected chi connectivity index (χ3v) is 1.52. The van der Waals surface area contributed by atoms with E-state index in [-0.39, 0.29) is 11.4 Å². The molecule has 0 radical (unpaired) electrons. The van der Waals surface area contributed by atoms with E-state index in [2.05, 4.69) is 24.9 Å². The molecule has 8 nitrogen and oxygen atoms in total. The molecule has 0 spiro atoms. The van der Waals surface area contributed by atoms with Gasteiger partial charge in [-0.2, -0.15) is 5.10 Å². The quantitative estimate of drug-likeness (QED) is 0.394. The molecule has 8 heteroatoms. The molecule has 86 valence electrons. The van der Waals surface area contributed by atoms with Crippen LogP contribution in [0.1, 0.15) is 5.69 Å². The molecule has 0 saturated carbocycles. The molecular formula is C8H9N3O5. The van der Waals surface area contributed by atoms with E-state index < -0.39 is 18.5 Å². The second kappa shape index (κ2) is 5.49. The Kier molecular flexibility index (Phi) is 4.01. The van der Waals surface area contributed by atoms with Gasteiger partial charge in [-0.1, -0.05) is 5.16 Å². The average Bonchev–Trinajstić information content (AvgIpc) is 2.76. The van der Waals surface area contributed by atoms with Gasteiger partial charge < -0.3 is 14.7 Å². The molecule has 0 fully saturated rings. The number of aromatic amines is 1. The Hall–Kier alpha value is -2.38. The van der Waals surface area contributed by atoms with E-state index in [1.54, 1.807) is 0 Å². The lowest BCUT2D eigenvalue weighted by atomic mass is 10.3. The van der Waals surface area contributed by atoms with E-state index >= 15 is 0 Å². The van der Waals surface area contributed by atoms with E-state index in [0.717, 1.165) is 0 Å². The molecule has 0 aliphatic heterocycles. The van der Waals surface area contributed by atoms with Crippen molar-refractivity contribution in [2.24, 2.45) is 5.16 Å². The number of aliphatic carboxylic acids is 1. The zero-order chi connectivity index (χ0) is 12.0. The summed E-state index contributed by atoms with van der Waals surface area (Å²) in [6, 6.07) is 1.41. The van der Waals surface area contributed by atoms with E-state index in [1.165, 1.54) is 19.4 Å². The van der Waals surface area contributed by atoms with E-state index in [0.29, 0.717) is 0 Å². The number of hydrogen-bond donors (Lipinski definition) is 2. The van der Waals surface area contributed by atoms with Crippen molar-refractivity contribution in [1.82, 2.24) is 10.2 Å². The number of carbonyl (C=O) groups is 2. The molecular weight excluding hydrogens is 218 g/mol. The molecule has 0 aliphatic carbocycles. The van der Waals surface area contributed by atoms with Crippen LogP contribution in [-0.2, 0) is 19.2 Å². The number of oxime groups is 1. The molecule has 0 aromatic carbocycles. The van der Waals surface area contributed by atoms with Crippen LogP contribution in [0, 0.1) is 0 Å². The molecule has 2 N–H and O–H groups in total. The summed E-state index contributed by atoms with van der Waals surface area (Å²) in [5.74, 6) is -1.95. The first-order valence-electron chi connectivity index (χ1n) is 4.15. The summed E-state index contributed by atoms with van der Waals surface area (Å²) < 4.78 is 4.28. The summed E-state index contributed by atoms with van der Waals surface area (Å²) in [6.07, 6.45) is 1.37. The Labute approximate surface area is 89.8 Å². The van der Waals surface area contributed by atoms with E-state index in [4.69, 9.17) is 5.11 Å². The number of nitrogens with zero attached hydrogens (tertiary/aromatic N) is 2. The summed E-state index contributed by atoms with van der Waals surface area (Å²) >= 11 is 0. The monoisotopic (exact) mass is 227 g/mol. The van der Waals surface area contributed by atoms with E-state index in [1.807, 2.05) is 0 Å². The lowest BCUT2D eigenvalue weighted by molar-refractivity contribution is -0.146. The lowest BCUT2D eigenvalue weighted by Gasteiger charge is -1.99. The Morgan fingerprint density at radius 2 is 2.38 bits per heavy atom. The molecule has 1 heterocycles. The fraction of sp³-hybridized carbons (Fsp3) is 0.250.